The van der Waals surface area contributed by atoms with E-state index >= 15 is 0 Å². The Kier molecular flexibility index (Phi) is 4.94. The van der Waals surface area contributed by atoms with Crippen molar-refractivity contribution in [3.63, 3.8) is 0 Å². The van der Waals surface area contributed by atoms with Crippen LogP contribution in [-0.2, 0) is 16.0 Å². The maximum Gasteiger partial charge on any atom is 0.249 e. The summed E-state index contributed by atoms with van der Waals surface area (Å²) in [5.74, 6) is -0.183. The van der Waals surface area contributed by atoms with Crippen LogP contribution in [0.25, 0.3) is 0 Å². The fraction of sp³-hybridized carbons (Fsp3) is 0.389. The van der Waals surface area contributed by atoms with E-state index in [-0.39, 0.29) is 18.2 Å². The van der Waals surface area contributed by atoms with E-state index in [4.69, 9.17) is 0 Å². The van der Waals surface area contributed by atoms with Crippen LogP contribution in [0.15, 0.2) is 29.6 Å². The van der Waals surface area contributed by atoms with Crippen molar-refractivity contribution in [3.8, 4) is 0 Å². The standard InChI is InChI=1S/C18H21N3O2S/c1-12-5-7-15(8-6-12)21-9-3-4-16(18(21)23)20-17(22)10-14-11-24-13(2)19-14/h5-8,11,16H,3-4,9-10H2,1-2H3,(H,20,22). The molecule has 1 unspecified atom stereocenters. The Labute approximate surface area is 145 Å². The highest BCUT2D eigenvalue weighted by molar-refractivity contribution is 7.09. The van der Waals surface area contributed by atoms with E-state index < -0.39 is 6.04 Å². The highest BCUT2D eigenvalue weighted by Gasteiger charge is 2.30. The largest absolute Gasteiger partial charge is 0.344 e. The van der Waals surface area contributed by atoms with Gasteiger partial charge in [-0.25, -0.2) is 4.98 Å². The molecule has 6 heteroatoms. The van der Waals surface area contributed by atoms with Crippen LogP contribution < -0.4 is 10.2 Å². The SMILES string of the molecule is Cc1ccc(N2CCCC(NC(=O)Cc3csc(C)n3)C2=O)cc1. The van der Waals surface area contributed by atoms with E-state index in [1.165, 1.54) is 11.3 Å². The molecule has 1 saturated heterocycles. The highest BCUT2D eigenvalue weighted by Crippen LogP contribution is 2.21. The van der Waals surface area contributed by atoms with Crippen LogP contribution >= 0.6 is 11.3 Å². The zero-order chi connectivity index (χ0) is 17.1. The first kappa shape index (κ1) is 16.6. The van der Waals surface area contributed by atoms with Crippen LogP contribution in [-0.4, -0.2) is 29.4 Å². The van der Waals surface area contributed by atoms with Crippen LogP contribution in [0.3, 0.4) is 0 Å². The summed E-state index contributed by atoms with van der Waals surface area (Å²) in [4.78, 5) is 31.0. The van der Waals surface area contributed by atoms with Gasteiger partial charge in [-0.1, -0.05) is 17.7 Å². The lowest BCUT2D eigenvalue weighted by molar-refractivity contribution is -0.128. The van der Waals surface area contributed by atoms with Gasteiger partial charge in [-0.3, -0.25) is 9.59 Å². The number of carbonyl (C=O) groups excluding carboxylic acids is 2. The van der Waals surface area contributed by atoms with Gasteiger partial charge >= 0.3 is 0 Å². The number of aromatic nitrogens is 1. The van der Waals surface area contributed by atoms with Gasteiger partial charge in [0.1, 0.15) is 6.04 Å². The third-order valence-corrected chi connectivity index (χ3v) is 4.95. The number of amides is 2. The molecule has 1 atom stereocenters. The first-order chi connectivity index (χ1) is 11.5. The van der Waals surface area contributed by atoms with E-state index in [0.717, 1.165) is 28.4 Å². The number of rotatable bonds is 4. The van der Waals surface area contributed by atoms with Crippen molar-refractivity contribution >= 4 is 28.8 Å². The molecule has 1 fully saturated rings. The number of nitrogens with zero attached hydrogens (tertiary/aromatic N) is 2. The maximum atomic E-state index is 12.7. The second kappa shape index (κ2) is 7.13. The Bertz CT molecular complexity index is 739. The zero-order valence-electron chi connectivity index (χ0n) is 13.9. The number of hydrogen-bond acceptors (Lipinski definition) is 4. The number of piperidine rings is 1. The van der Waals surface area contributed by atoms with Crippen LogP contribution in [0.5, 0.6) is 0 Å². The number of benzene rings is 1. The quantitative estimate of drug-likeness (QED) is 0.928. The van der Waals surface area contributed by atoms with Crippen molar-refractivity contribution in [3.05, 3.63) is 45.9 Å². The molecule has 5 nitrogen and oxygen atoms in total. The molecule has 0 bridgehead atoms. The molecule has 1 aliphatic rings. The Morgan fingerprint density at radius 1 is 1.33 bits per heavy atom. The third-order valence-electron chi connectivity index (χ3n) is 4.13. The zero-order valence-corrected chi connectivity index (χ0v) is 14.7. The molecule has 126 valence electrons. The third kappa shape index (κ3) is 3.82. The van der Waals surface area contributed by atoms with E-state index in [0.29, 0.717) is 13.0 Å². The minimum atomic E-state index is -0.452. The minimum absolute atomic E-state index is 0.0343. The smallest absolute Gasteiger partial charge is 0.249 e. The first-order valence-corrected chi connectivity index (χ1v) is 8.99. The van der Waals surface area contributed by atoms with Crippen molar-refractivity contribution in [1.29, 1.82) is 0 Å². The van der Waals surface area contributed by atoms with Gasteiger partial charge in [-0.2, -0.15) is 0 Å². The van der Waals surface area contributed by atoms with Gasteiger partial charge in [-0.15, -0.1) is 11.3 Å². The fourth-order valence-electron chi connectivity index (χ4n) is 2.89. The predicted molar refractivity (Wildman–Crippen MR) is 95.3 cm³/mol. The van der Waals surface area contributed by atoms with Crippen LogP contribution in [0.4, 0.5) is 5.69 Å². The van der Waals surface area contributed by atoms with E-state index in [2.05, 4.69) is 10.3 Å². The summed E-state index contributed by atoms with van der Waals surface area (Å²) in [6.07, 6.45) is 1.78. The van der Waals surface area contributed by atoms with Gasteiger partial charge < -0.3 is 10.2 Å². The first-order valence-electron chi connectivity index (χ1n) is 8.11. The molecule has 24 heavy (non-hydrogen) atoms. The molecule has 1 aromatic heterocycles. The van der Waals surface area contributed by atoms with Crippen LogP contribution in [0.2, 0.25) is 0 Å². The Hall–Kier alpha value is -2.21. The summed E-state index contributed by atoms with van der Waals surface area (Å²) in [5.41, 5.74) is 2.81. The molecule has 2 amide bonds. The summed E-state index contributed by atoms with van der Waals surface area (Å²) in [7, 11) is 0. The van der Waals surface area contributed by atoms with Crippen LogP contribution in [0, 0.1) is 13.8 Å². The van der Waals surface area contributed by atoms with Gasteiger partial charge in [0, 0.05) is 17.6 Å². The lowest BCUT2D eigenvalue weighted by Gasteiger charge is -2.32. The molecule has 2 heterocycles. The number of aryl methyl sites for hydroxylation is 2. The van der Waals surface area contributed by atoms with Gasteiger partial charge in [0.15, 0.2) is 0 Å². The molecule has 2 aromatic rings. The average molecular weight is 343 g/mol. The summed E-state index contributed by atoms with van der Waals surface area (Å²) < 4.78 is 0. The molecule has 1 aliphatic heterocycles. The topological polar surface area (TPSA) is 62.3 Å². The van der Waals surface area contributed by atoms with Gasteiger partial charge in [-0.05, 0) is 38.8 Å². The maximum absolute atomic E-state index is 12.7. The van der Waals surface area contributed by atoms with Crippen molar-refractivity contribution in [2.24, 2.45) is 0 Å². The number of thiazole rings is 1. The fourth-order valence-corrected chi connectivity index (χ4v) is 3.50. The number of anilines is 1. The highest BCUT2D eigenvalue weighted by atomic mass is 32.1. The molecule has 0 spiro atoms. The minimum Gasteiger partial charge on any atom is -0.344 e. The number of hydrogen-bond donors (Lipinski definition) is 1. The second-order valence-corrected chi connectivity index (χ2v) is 7.18. The average Bonchev–Trinajstić information content (AvgIpc) is 2.95. The lowest BCUT2D eigenvalue weighted by atomic mass is 10.0. The molecule has 0 radical (unpaired) electrons. The summed E-state index contributed by atoms with van der Waals surface area (Å²) in [5, 5.41) is 5.70. The van der Waals surface area contributed by atoms with Gasteiger partial charge in [0.05, 0.1) is 17.1 Å². The Morgan fingerprint density at radius 3 is 2.75 bits per heavy atom. The molecular weight excluding hydrogens is 322 g/mol. The van der Waals surface area contributed by atoms with Gasteiger partial charge in [0.2, 0.25) is 11.8 Å². The molecule has 3 rings (SSSR count). The Balaban J connectivity index is 1.64. The number of carbonyl (C=O) groups is 2. The normalized spacial score (nSPS) is 17.8. The number of nitrogens with one attached hydrogen (secondary N) is 1. The summed E-state index contributed by atoms with van der Waals surface area (Å²) in [6, 6.07) is 7.45. The lowest BCUT2D eigenvalue weighted by Crippen LogP contribution is -2.52. The second-order valence-electron chi connectivity index (χ2n) is 6.12. The molecule has 0 aliphatic carbocycles. The summed E-state index contributed by atoms with van der Waals surface area (Å²) >= 11 is 1.53. The molecule has 0 saturated carbocycles. The van der Waals surface area contributed by atoms with E-state index in [1.54, 1.807) is 4.90 Å². The van der Waals surface area contributed by atoms with Gasteiger partial charge in [0.25, 0.3) is 0 Å². The molecular formula is C18H21N3O2S. The van der Waals surface area contributed by atoms with Crippen molar-refractivity contribution in [2.45, 2.75) is 39.2 Å². The molecule has 1 aromatic carbocycles. The van der Waals surface area contributed by atoms with Crippen LogP contribution in [0.1, 0.15) is 29.1 Å². The van der Waals surface area contributed by atoms with Crippen molar-refractivity contribution in [1.82, 2.24) is 10.3 Å². The van der Waals surface area contributed by atoms with E-state index in [9.17, 15) is 9.59 Å². The monoisotopic (exact) mass is 343 g/mol. The van der Waals surface area contributed by atoms with Crippen molar-refractivity contribution < 1.29 is 9.59 Å². The van der Waals surface area contributed by atoms with Crippen molar-refractivity contribution in [2.75, 3.05) is 11.4 Å². The molecule has 1 N–H and O–H groups in total. The van der Waals surface area contributed by atoms with E-state index in [1.807, 2.05) is 43.5 Å². The summed E-state index contributed by atoms with van der Waals surface area (Å²) in [6.45, 7) is 4.63. The predicted octanol–water partition coefficient (Wildman–Crippen LogP) is 2.61. The Morgan fingerprint density at radius 2 is 2.08 bits per heavy atom.